The SMILES string of the molecule is COC(=O)N(C)C(=O)Cc1ccon1. The number of aromatic nitrogens is 1. The lowest BCUT2D eigenvalue weighted by molar-refractivity contribution is -0.127. The van der Waals surface area contributed by atoms with Gasteiger partial charge >= 0.3 is 6.09 Å². The Morgan fingerprint density at radius 1 is 1.64 bits per heavy atom. The van der Waals surface area contributed by atoms with E-state index in [2.05, 4.69) is 14.4 Å². The van der Waals surface area contributed by atoms with E-state index in [1.165, 1.54) is 20.4 Å². The van der Waals surface area contributed by atoms with Crippen molar-refractivity contribution >= 4 is 12.0 Å². The van der Waals surface area contributed by atoms with Gasteiger partial charge in [0.05, 0.1) is 19.2 Å². The maximum Gasteiger partial charge on any atom is 0.415 e. The van der Waals surface area contributed by atoms with Crippen LogP contribution in [0.1, 0.15) is 5.69 Å². The first-order chi connectivity index (χ1) is 6.65. The number of carbonyl (C=O) groups excluding carboxylic acids is 2. The molecule has 1 heterocycles. The topological polar surface area (TPSA) is 72.6 Å². The van der Waals surface area contributed by atoms with E-state index in [-0.39, 0.29) is 6.42 Å². The zero-order chi connectivity index (χ0) is 10.6. The van der Waals surface area contributed by atoms with Crippen LogP contribution in [0.15, 0.2) is 16.9 Å². The summed E-state index contributed by atoms with van der Waals surface area (Å²) in [6.07, 6.45) is 0.682. The van der Waals surface area contributed by atoms with Crippen LogP contribution < -0.4 is 0 Å². The van der Waals surface area contributed by atoms with Gasteiger partial charge in [-0.15, -0.1) is 0 Å². The summed E-state index contributed by atoms with van der Waals surface area (Å²) in [7, 11) is 2.55. The van der Waals surface area contributed by atoms with Gasteiger partial charge in [0, 0.05) is 13.1 Å². The summed E-state index contributed by atoms with van der Waals surface area (Å²) < 4.78 is 8.92. The standard InChI is InChI=1S/C8H10N2O4/c1-10(8(12)13-2)7(11)5-6-3-4-14-9-6/h3-4H,5H2,1-2H3. The van der Waals surface area contributed by atoms with E-state index in [0.29, 0.717) is 5.69 Å². The number of ether oxygens (including phenoxy) is 1. The van der Waals surface area contributed by atoms with Gasteiger partial charge in [0.1, 0.15) is 6.26 Å². The molecule has 0 radical (unpaired) electrons. The van der Waals surface area contributed by atoms with Gasteiger partial charge in [-0.05, 0) is 0 Å². The predicted octanol–water partition coefficient (Wildman–Crippen LogP) is 0.442. The Balaban J connectivity index is 2.54. The molecule has 6 nitrogen and oxygen atoms in total. The number of rotatable bonds is 2. The summed E-state index contributed by atoms with van der Waals surface area (Å²) in [6, 6.07) is 1.56. The number of carbonyl (C=O) groups is 2. The average Bonchev–Trinajstić information content (AvgIpc) is 2.68. The van der Waals surface area contributed by atoms with E-state index in [4.69, 9.17) is 0 Å². The quantitative estimate of drug-likeness (QED) is 0.689. The Morgan fingerprint density at radius 2 is 2.36 bits per heavy atom. The minimum atomic E-state index is -0.696. The van der Waals surface area contributed by atoms with Crippen molar-refractivity contribution in [3.63, 3.8) is 0 Å². The Kier molecular flexibility index (Phi) is 3.22. The molecular weight excluding hydrogens is 188 g/mol. The normalized spacial score (nSPS) is 9.57. The maximum absolute atomic E-state index is 11.4. The highest BCUT2D eigenvalue weighted by atomic mass is 16.5. The molecule has 0 bridgehead atoms. The van der Waals surface area contributed by atoms with Crippen molar-refractivity contribution in [2.75, 3.05) is 14.2 Å². The lowest BCUT2D eigenvalue weighted by Crippen LogP contribution is -2.34. The van der Waals surface area contributed by atoms with Gasteiger partial charge in [-0.2, -0.15) is 0 Å². The highest BCUT2D eigenvalue weighted by Gasteiger charge is 2.18. The van der Waals surface area contributed by atoms with Gasteiger partial charge in [-0.1, -0.05) is 5.16 Å². The summed E-state index contributed by atoms with van der Waals surface area (Å²) in [4.78, 5) is 23.2. The summed E-state index contributed by atoms with van der Waals surface area (Å²) in [5.74, 6) is -0.397. The average molecular weight is 198 g/mol. The van der Waals surface area contributed by atoms with Crippen LogP contribution in [0.25, 0.3) is 0 Å². The minimum Gasteiger partial charge on any atom is -0.452 e. The zero-order valence-corrected chi connectivity index (χ0v) is 7.89. The van der Waals surface area contributed by atoms with Crippen LogP contribution in [-0.4, -0.2) is 36.2 Å². The molecule has 0 unspecified atom stereocenters. The Hall–Kier alpha value is -1.85. The molecule has 0 atom stereocenters. The zero-order valence-electron chi connectivity index (χ0n) is 7.89. The number of hydrogen-bond acceptors (Lipinski definition) is 5. The second-order valence-corrected chi connectivity index (χ2v) is 2.59. The minimum absolute atomic E-state index is 0.0160. The number of methoxy groups -OCH3 is 1. The van der Waals surface area contributed by atoms with Crippen molar-refractivity contribution < 1.29 is 18.8 Å². The van der Waals surface area contributed by atoms with E-state index in [1.807, 2.05) is 0 Å². The number of nitrogens with zero attached hydrogens (tertiary/aromatic N) is 2. The molecule has 1 rings (SSSR count). The molecule has 0 saturated carbocycles. The number of amides is 2. The first-order valence-corrected chi connectivity index (χ1v) is 3.89. The third-order valence-electron chi connectivity index (χ3n) is 1.65. The van der Waals surface area contributed by atoms with Crippen LogP contribution in [0.4, 0.5) is 4.79 Å². The highest BCUT2D eigenvalue weighted by Crippen LogP contribution is 1.99. The third-order valence-corrected chi connectivity index (χ3v) is 1.65. The molecule has 0 N–H and O–H groups in total. The molecule has 0 spiro atoms. The lowest BCUT2D eigenvalue weighted by Gasteiger charge is -2.11. The smallest absolute Gasteiger partial charge is 0.415 e. The Labute approximate surface area is 80.4 Å². The molecule has 2 amide bonds. The summed E-state index contributed by atoms with van der Waals surface area (Å²) in [5.41, 5.74) is 0.478. The molecule has 0 aliphatic carbocycles. The molecule has 6 heteroatoms. The van der Waals surface area contributed by atoms with Crippen molar-refractivity contribution in [3.05, 3.63) is 18.0 Å². The monoisotopic (exact) mass is 198 g/mol. The van der Waals surface area contributed by atoms with E-state index < -0.39 is 12.0 Å². The van der Waals surface area contributed by atoms with Gasteiger partial charge in [0.2, 0.25) is 5.91 Å². The highest BCUT2D eigenvalue weighted by molar-refractivity contribution is 5.92. The first-order valence-electron chi connectivity index (χ1n) is 3.89. The van der Waals surface area contributed by atoms with E-state index >= 15 is 0 Å². The Bertz CT molecular complexity index is 320. The predicted molar refractivity (Wildman–Crippen MR) is 45.4 cm³/mol. The molecule has 0 aromatic carbocycles. The molecular formula is C8H10N2O4. The van der Waals surface area contributed by atoms with E-state index in [9.17, 15) is 9.59 Å². The van der Waals surface area contributed by atoms with E-state index in [1.54, 1.807) is 6.07 Å². The first kappa shape index (κ1) is 10.2. The van der Waals surface area contributed by atoms with Gasteiger partial charge in [-0.25, -0.2) is 4.79 Å². The number of likely N-dealkylation sites (N-methyl/N-ethyl adjacent to an activating group) is 1. The van der Waals surface area contributed by atoms with Crippen molar-refractivity contribution in [3.8, 4) is 0 Å². The second kappa shape index (κ2) is 4.40. The fourth-order valence-corrected chi connectivity index (χ4v) is 0.841. The second-order valence-electron chi connectivity index (χ2n) is 2.59. The third kappa shape index (κ3) is 2.32. The van der Waals surface area contributed by atoms with Crippen molar-refractivity contribution in [2.24, 2.45) is 0 Å². The molecule has 0 fully saturated rings. The van der Waals surface area contributed by atoms with Crippen LogP contribution in [0.3, 0.4) is 0 Å². The molecule has 0 aliphatic heterocycles. The molecule has 14 heavy (non-hydrogen) atoms. The van der Waals surface area contributed by atoms with Crippen molar-refractivity contribution in [2.45, 2.75) is 6.42 Å². The number of hydrogen-bond donors (Lipinski definition) is 0. The van der Waals surface area contributed by atoms with Crippen LogP contribution in [0.2, 0.25) is 0 Å². The number of imide groups is 1. The van der Waals surface area contributed by atoms with Crippen LogP contribution in [0.5, 0.6) is 0 Å². The summed E-state index contributed by atoms with van der Waals surface area (Å²) >= 11 is 0. The maximum atomic E-state index is 11.4. The van der Waals surface area contributed by atoms with Crippen LogP contribution in [-0.2, 0) is 16.0 Å². The fraction of sp³-hybridized carbons (Fsp3) is 0.375. The summed E-state index contributed by atoms with van der Waals surface area (Å²) in [6.45, 7) is 0. The van der Waals surface area contributed by atoms with Gasteiger partial charge in [0.25, 0.3) is 0 Å². The Morgan fingerprint density at radius 3 is 2.86 bits per heavy atom. The fourth-order valence-electron chi connectivity index (χ4n) is 0.841. The summed E-state index contributed by atoms with van der Waals surface area (Å²) in [5, 5.41) is 3.55. The molecule has 0 saturated heterocycles. The molecule has 1 aromatic rings. The molecule has 76 valence electrons. The van der Waals surface area contributed by atoms with Gasteiger partial charge in [-0.3, -0.25) is 9.69 Å². The molecule has 1 aromatic heterocycles. The van der Waals surface area contributed by atoms with Crippen molar-refractivity contribution in [1.82, 2.24) is 10.1 Å². The molecule has 0 aliphatic rings. The van der Waals surface area contributed by atoms with Crippen LogP contribution in [0, 0.1) is 0 Å². The lowest BCUT2D eigenvalue weighted by atomic mass is 10.3. The van der Waals surface area contributed by atoms with Crippen LogP contribution >= 0.6 is 0 Å². The van der Waals surface area contributed by atoms with Gasteiger partial charge < -0.3 is 9.26 Å². The largest absolute Gasteiger partial charge is 0.452 e. The van der Waals surface area contributed by atoms with Crippen molar-refractivity contribution in [1.29, 1.82) is 0 Å². The van der Waals surface area contributed by atoms with E-state index in [0.717, 1.165) is 4.90 Å². The van der Waals surface area contributed by atoms with Gasteiger partial charge in [0.15, 0.2) is 0 Å².